The summed E-state index contributed by atoms with van der Waals surface area (Å²) in [6, 6.07) is 4.65. The van der Waals surface area contributed by atoms with Gasteiger partial charge >= 0.3 is 0 Å². The van der Waals surface area contributed by atoms with E-state index in [-0.39, 0.29) is 0 Å². The molecule has 1 unspecified atom stereocenters. The second kappa shape index (κ2) is 10.2. The molecule has 1 aromatic rings. The Balaban J connectivity index is 2.26. The van der Waals surface area contributed by atoms with Crippen LogP contribution in [0.25, 0.3) is 0 Å². The Hall–Kier alpha value is -1.58. The molecular weight excluding hydrogens is 260 g/mol. The molecule has 0 radical (unpaired) electrons. The van der Waals surface area contributed by atoms with Gasteiger partial charge in [-0.1, -0.05) is 32.3 Å². The van der Waals surface area contributed by atoms with Crippen LogP contribution in [0.2, 0.25) is 0 Å². The van der Waals surface area contributed by atoms with Crippen LogP contribution in [0.1, 0.15) is 50.8 Å². The maximum absolute atomic E-state index is 4.31. The average molecular weight is 290 g/mol. The minimum atomic E-state index is 0.462. The van der Waals surface area contributed by atoms with Gasteiger partial charge < -0.3 is 10.6 Å². The average Bonchev–Trinajstić information content (AvgIpc) is 2.48. The monoisotopic (exact) mass is 290 g/mol. The molecule has 0 aliphatic carbocycles. The molecule has 0 bridgehead atoms. The van der Waals surface area contributed by atoms with E-state index in [4.69, 9.17) is 0 Å². The zero-order valence-electron chi connectivity index (χ0n) is 13.9. The normalized spacial score (nSPS) is 13.0. The predicted molar refractivity (Wildman–Crippen MR) is 90.8 cm³/mol. The van der Waals surface area contributed by atoms with Crippen molar-refractivity contribution in [2.24, 2.45) is 4.99 Å². The van der Waals surface area contributed by atoms with E-state index in [2.05, 4.69) is 46.6 Å². The first-order valence-corrected chi connectivity index (χ1v) is 8.04. The topological polar surface area (TPSA) is 49.3 Å². The minimum Gasteiger partial charge on any atom is -0.356 e. The maximum atomic E-state index is 4.31. The molecule has 0 spiro atoms. The third kappa shape index (κ3) is 7.69. The Morgan fingerprint density at radius 1 is 1.33 bits per heavy atom. The highest BCUT2D eigenvalue weighted by Crippen LogP contribution is 2.03. The quantitative estimate of drug-likeness (QED) is 0.439. The third-order valence-corrected chi connectivity index (χ3v) is 3.53. The molecule has 0 aliphatic heterocycles. The van der Waals surface area contributed by atoms with Crippen molar-refractivity contribution in [1.29, 1.82) is 0 Å². The van der Waals surface area contributed by atoms with Crippen molar-refractivity contribution in [2.75, 3.05) is 13.6 Å². The number of nitrogens with zero attached hydrogens (tertiary/aromatic N) is 2. The molecule has 2 N–H and O–H groups in total. The molecule has 118 valence electrons. The summed E-state index contributed by atoms with van der Waals surface area (Å²) >= 11 is 0. The van der Waals surface area contributed by atoms with Gasteiger partial charge in [0.25, 0.3) is 0 Å². The highest BCUT2D eigenvalue weighted by molar-refractivity contribution is 5.79. The van der Waals surface area contributed by atoms with Crippen LogP contribution >= 0.6 is 0 Å². The number of aliphatic imine (C=N–C) groups is 1. The molecule has 0 amide bonds. The van der Waals surface area contributed by atoms with Crippen molar-refractivity contribution in [3.63, 3.8) is 0 Å². The number of aryl methyl sites for hydroxylation is 1. The summed E-state index contributed by atoms with van der Waals surface area (Å²) in [4.78, 5) is 8.59. The fraction of sp³-hybridized carbons (Fsp3) is 0.647. The lowest BCUT2D eigenvalue weighted by Crippen LogP contribution is -2.42. The van der Waals surface area contributed by atoms with Crippen LogP contribution in [-0.2, 0) is 6.42 Å². The highest BCUT2D eigenvalue weighted by atomic mass is 15.2. The van der Waals surface area contributed by atoms with E-state index in [9.17, 15) is 0 Å². The molecule has 0 aliphatic rings. The number of unbranched alkanes of at least 4 members (excludes halogenated alkanes) is 2. The number of aromatic nitrogens is 1. The van der Waals surface area contributed by atoms with Crippen molar-refractivity contribution < 1.29 is 0 Å². The molecule has 1 rings (SSSR count). The number of hydrogen-bond acceptors (Lipinski definition) is 2. The minimum absolute atomic E-state index is 0.462. The van der Waals surface area contributed by atoms with E-state index in [0.717, 1.165) is 24.6 Å². The third-order valence-electron chi connectivity index (χ3n) is 3.53. The van der Waals surface area contributed by atoms with Crippen LogP contribution in [0.5, 0.6) is 0 Å². The van der Waals surface area contributed by atoms with Crippen molar-refractivity contribution in [3.05, 3.63) is 29.6 Å². The molecule has 1 atom stereocenters. The van der Waals surface area contributed by atoms with Crippen LogP contribution in [-0.4, -0.2) is 30.6 Å². The Kier molecular flexibility index (Phi) is 8.48. The van der Waals surface area contributed by atoms with E-state index < -0.39 is 0 Å². The first-order valence-electron chi connectivity index (χ1n) is 8.04. The Bertz CT molecular complexity index is 411. The molecule has 1 aromatic heterocycles. The van der Waals surface area contributed by atoms with Gasteiger partial charge in [0.1, 0.15) is 0 Å². The zero-order valence-corrected chi connectivity index (χ0v) is 13.9. The number of nitrogens with one attached hydrogen (secondary N) is 2. The first kappa shape index (κ1) is 17.5. The van der Waals surface area contributed by atoms with Crippen molar-refractivity contribution >= 4 is 5.96 Å². The van der Waals surface area contributed by atoms with Gasteiger partial charge in [-0.2, -0.15) is 0 Å². The van der Waals surface area contributed by atoms with Crippen LogP contribution in [0, 0.1) is 6.92 Å². The molecule has 0 fully saturated rings. The van der Waals surface area contributed by atoms with E-state index in [1.54, 1.807) is 0 Å². The lowest BCUT2D eigenvalue weighted by atomic mass is 10.1. The summed E-state index contributed by atoms with van der Waals surface area (Å²) in [7, 11) is 1.82. The van der Waals surface area contributed by atoms with Crippen molar-refractivity contribution in [1.82, 2.24) is 15.6 Å². The Labute approximate surface area is 129 Å². The van der Waals surface area contributed by atoms with Crippen molar-refractivity contribution in [2.45, 2.75) is 58.9 Å². The largest absolute Gasteiger partial charge is 0.356 e. The van der Waals surface area contributed by atoms with Crippen LogP contribution < -0.4 is 10.6 Å². The maximum Gasteiger partial charge on any atom is 0.191 e. The van der Waals surface area contributed by atoms with Gasteiger partial charge in [0.2, 0.25) is 0 Å². The summed E-state index contributed by atoms with van der Waals surface area (Å²) in [5.41, 5.74) is 2.31. The van der Waals surface area contributed by atoms with Gasteiger partial charge in [-0.15, -0.1) is 0 Å². The summed E-state index contributed by atoms with van der Waals surface area (Å²) in [6.07, 6.45) is 7.94. The number of pyridine rings is 1. The second-order valence-electron chi connectivity index (χ2n) is 5.60. The van der Waals surface area contributed by atoms with E-state index in [1.807, 2.05) is 20.2 Å². The SMILES string of the molecule is CCCCCC(C)NC(=NC)NCCc1ccc(C)nc1. The summed E-state index contributed by atoms with van der Waals surface area (Å²) < 4.78 is 0. The molecule has 0 saturated heterocycles. The summed E-state index contributed by atoms with van der Waals surface area (Å²) in [5.74, 6) is 0.888. The van der Waals surface area contributed by atoms with E-state index >= 15 is 0 Å². The summed E-state index contributed by atoms with van der Waals surface area (Å²) in [5, 5.41) is 6.81. The smallest absolute Gasteiger partial charge is 0.191 e. The highest BCUT2D eigenvalue weighted by Gasteiger charge is 2.04. The van der Waals surface area contributed by atoms with Gasteiger partial charge in [0.15, 0.2) is 5.96 Å². The molecule has 4 heteroatoms. The fourth-order valence-corrected chi connectivity index (χ4v) is 2.17. The Morgan fingerprint density at radius 2 is 2.14 bits per heavy atom. The molecule has 4 nitrogen and oxygen atoms in total. The number of rotatable bonds is 8. The predicted octanol–water partition coefficient (Wildman–Crippen LogP) is 3.07. The Morgan fingerprint density at radius 3 is 2.76 bits per heavy atom. The lowest BCUT2D eigenvalue weighted by molar-refractivity contribution is 0.547. The molecule has 21 heavy (non-hydrogen) atoms. The lowest BCUT2D eigenvalue weighted by Gasteiger charge is -2.17. The zero-order chi connectivity index (χ0) is 15.5. The van der Waals surface area contributed by atoms with E-state index in [1.165, 1.54) is 31.2 Å². The van der Waals surface area contributed by atoms with Gasteiger partial charge in [0, 0.05) is 31.5 Å². The van der Waals surface area contributed by atoms with E-state index in [0.29, 0.717) is 6.04 Å². The molecule has 0 aromatic carbocycles. The van der Waals surface area contributed by atoms with Crippen LogP contribution in [0.15, 0.2) is 23.3 Å². The number of hydrogen-bond donors (Lipinski definition) is 2. The van der Waals surface area contributed by atoms with Gasteiger partial charge in [-0.3, -0.25) is 9.98 Å². The standard InChI is InChI=1S/C17H30N4/c1-5-6-7-8-15(3)21-17(18-4)19-12-11-16-10-9-14(2)20-13-16/h9-10,13,15H,5-8,11-12H2,1-4H3,(H2,18,19,21). The number of guanidine groups is 1. The molecular formula is C17H30N4. The summed E-state index contributed by atoms with van der Waals surface area (Å²) in [6.45, 7) is 7.32. The van der Waals surface area contributed by atoms with Gasteiger partial charge in [-0.05, 0) is 38.3 Å². The molecule has 1 heterocycles. The van der Waals surface area contributed by atoms with Crippen molar-refractivity contribution in [3.8, 4) is 0 Å². The fourth-order valence-electron chi connectivity index (χ4n) is 2.17. The van der Waals surface area contributed by atoms with Gasteiger partial charge in [0.05, 0.1) is 0 Å². The van der Waals surface area contributed by atoms with Gasteiger partial charge in [-0.25, -0.2) is 0 Å². The van der Waals surface area contributed by atoms with Crippen LogP contribution in [0.4, 0.5) is 0 Å². The second-order valence-corrected chi connectivity index (χ2v) is 5.60. The molecule has 0 saturated carbocycles. The van der Waals surface area contributed by atoms with Crippen LogP contribution in [0.3, 0.4) is 0 Å². The first-order chi connectivity index (χ1) is 10.2.